The highest BCUT2D eigenvalue weighted by Gasteiger charge is 2.20. The predicted molar refractivity (Wildman–Crippen MR) is 85.6 cm³/mol. The third-order valence-corrected chi connectivity index (χ3v) is 4.25. The molecule has 0 bridgehead atoms. The van der Waals surface area contributed by atoms with Gasteiger partial charge in [-0.25, -0.2) is 9.97 Å². The summed E-state index contributed by atoms with van der Waals surface area (Å²) in [6.45, 7) is 12.1. The van der Waals surface area contributed by atoms with Gasteiger partial charge in [-0.1, -0.05) is 13.8 Å². The normalized spacial score (nSPS) is 20.4. The van der Waals surface area contributed by atoms with Crippen molar-refractivity contribution >= 4 is 5.95 Å². The van der Waals surface area contributed by atoms with Gasteiger partial charge >= 0.3 is 0 Å². The van der Waals surface area contributed by atoms with Gasteiger partial charge in [0.1, 0.15) is 0 Å². The molecule has 1 saturated heterocycles. The number of hydrogen-bond donors (Lipinski definition) is 1. The fourth-order valence-corrected chi connectivity index (χ4v) is 3.23. The molecule has 1 aromatic rings. The summed E-state index contributed by atoms with van der Waals surface area (Å²) in [7, 11) is 0. The highest BCUT2D eigenvalue weighted by atomic mass is 15.3. The average molecular weight is 289 g/mol. The lowest BCUT2D eigenvalue weighted by Gasteiger charge is -2.30. The van der Waals surface area contributed by atoms with Crippen molar-refractivity contribution in [1.29, 1.82) is 0 Å². The van der Waals surface area contributed by atoms with Gasteiger partial charge < -0.3 is 10.2 Å². The van der Waals surface area contributed by atoms with E-state index in [1.165, 1.54) is 24.2 Å². The number of aromatic nitrogens is 2. The molecule has 2 aliphatic heterocycles. The second-order valence-corrected chi connectivity index (χ2v) is 6.61. The standard InChI is InChI=1S/C16H27N5/c1-13(2)11-20-8-4-15-14(12-20)10-18-16(19-15)21-7-3-5-17-6-9-21/h10,13,17H,3-9,11-12H2,1-2H3. The highest BCUT2D eigenvalue weighted by molar-refractivity contribution is 5.34. The van der Waals surface area contributed by atoms with Crippen molar-refractivity contribution in [3.8, 4) is 0 Å². The number of fused-ring (bicyclic) bond motifs is 1. The van der Waals surface area contributed by atoms with Crippen LogP contribution in [0.3, 0.4) is 0 Å². The van der Waals surface area contributed by atoms with Crippen LogP contribution in [0.5, 0.6) is 0 Å². The maximum Gasteiger partial charge on any atom is 0.225 e. The SMILES string of the molecule is CC(C)CN1CCc2nc(N3CCCNCC3)ncc2C1. The van der Waals surface area contributed by atoms with Gasteiger partial charge in [-0.3, -0.25) is 4.90 Å². The Balaban J connectivity index is 1.70. The van der Waals surface area contributed by atoms with E-state index >= 15 is 0 Å². The van der Waals surface area contributed by atoms with Gasteiger partial charge in [-0.15, -0.1) is 0 Å². The summed E-state index contributed by atoms with van der Waals surface area (Å²) in [6.07, 6.45) is 4.29. The molecule has 0 unspecified atom stereocenters. The fraction of sp³-hybridized carbons (Fsp3) is 0.750. The van der Waals surface area contributed by atoms with Crippen LogP contribution in [0.25, 0.3) is 0 Å². The van der Waals surface area contributed by atoms with Crippen molar-refractivity contribution in [2.24, 2.45) is 5.92 Å². The molecule has 0 saturated carbocycles. The first-order chi connectivity index (χ1) is 10.2. The smallest absolute Gasteiger partial charge is 0.225 e. The third-order valence-electron chi connectivity index (χ3n) is 4.25. The topological polar surface area (TPSA) is 44.3 Å². The highest BCUT2D eigenvalue weighted by Crippen LogP contribution is 2.20. The summed E-state index contributed by atoms with van der Waals surface area (Å²) < 4.78 is 0. The Morgan fingerprint density at radius 2 is 2.14 bits per heavy atom. The van der Waals surface area contributed by atoms with Crippen LogP contribution in [0.15, 0.2) is 6.20 Å². The Labute approximate surface area is 127 Å². The molecule has 21 heavy (non-hydrogen) atoms. The molecule has 1 fully saturated rings. The molecule has 116 valence electrons. The van der Waals surface area contributed by atoms with E-state index in [1.807, 2.05) is 0 Å². The van der Waals surface area contributed by atoms with E-state index in [2.05, 4.69) is 40.1 Å². The lowest BCUT2D eigenvalue weighted by molar-refractivity contribution is 0.224. The summed E-state index contributed by atoms with van der Waals surface area (Å²) >= 11 is 0. The van der Waals surface area contributed by atoms with E-state index in [1.54, 1.807) is 0 Å². The Morgan fingerprint density at radius 1 is 1.24 bits per heavy atom. The largest absolute Gasteiger partial charge is 0.339 e. The molecular weight excluding hydrogens is 262 g/mol. The molecule has 0 aliphatic carbocycles. The molecule has 0 radical (unpaired) electrons. The van der Waals surface area contributed by atoms with Crippen molar-refractivity contribution in [2.45, 2.75) is 33.2 Å². The predicted octanol–water partition coefficient (Wildman–Crippen LogP) is 1.29. The number of rotatable bonds is 3. The molecule has 5 nitrogen and oxygen atoms in total. The van der Waals surface area contributed by atoms with E-state index in [9.17, 15) is 0 Å². The average Bonchev–Trinajstić information content (AvgIpc) is 2.75. The van der Waals surface area contributed by atoms with Crippen LogP contribution in [0.4, 0.5) is 5.95 Å². The van der Waals surface area contributed by atoms with Crippen molar-refractivity contribution in [2.75, 3.05) is 44.2 Å². The van der Waals surface area contributed by atoms with Crippen LogP contribution in [0, 0.1) is 5.92 Å². The van der Waals surface area contributed by atoms with Crippen LogP contribution >= 0.6 is 0 Å². The maximum atomic E-state index is 4.85. The lowest BCUT2D eigenvalue weighted by atomic mass is 10.1. The van der Waals surface area contributed by atoms with Crippen molar-refractivity contribution < 1.29 is 0 Å². The van der Waals surface area contributed by atoms with Crippen molar-refractivity contribution in [3.05, 3.63) is 17.5 Å². The third kappa shape index (κ3) is 3.71. The van der Waals surface area contributed by atoms with Gasteiger partial charge in [-0.05, 0) is 18.9 Å². The molecule has 2 aliphatic rings. The zero-order chi connectivity index (χ0) is 14.7. The van der Waals surface area contributed by atoms with Gasteiger partial charge in [-0.2, -0.15) is 0 Å². The van der Waals surface area contributed by atoms with E-state index < -0.39 is 0 Å². The fourth-order valence-electron chi connectivity index (χ4n) is 3.23. The first-order valence-corrected chi connectivity index (χ1v) is 8.25. The van der Waals surface area contributed by atoms with Crippen LogP contribution in [-0.4, -0.2) is 54.1 Å². The minimum atomic E-state index is 0.719. The Bertz CT molecular complexity index is 466. The number of hydrogen-bond acceptors (Lipinski definition) is 5. The van der Waals surface area contributed by atoms with Gasteiger partial charge in [0.2, 0.25) is 5.95 Å². The monoisotopic (exact) mass is 289 g/mol. The van der Waals surface area contributed by atoms with E-state index in [-0.39, 0.29) is 0 Å². The molecule has 0 aromatic carbocycles. The lowest BCUT2D eigenvalue weighted by Crippen LogP contribution is -2.35. The molecule has 3 rings (SSSR count). The van der Waals surface area contributed by atoms with Crippen molar-refractivity contribution in [3.63, 3.8) is 0 Å². The van der Waals surface area contributed by atoms with Gasteiger partial charge in [0.05, 0.1) is 5.69 Å². The summed E-state index contributed by atoms with van der Waals surface area (Å²) in [5, 5.41) is 3.43. The van der Waals surface area contributed by atoms with E-state index in [4.69, 9.17) is 4.98 Å². The number of anilines is 1. The van der Waals surface area contributed by atoms with Gasteiger partial charge in [0, 0.05) is 57.4 Å². The maximum absolute atomic E-state index is 4.85. The van der Waals surface area contributed by atoms with Gasteiger partial charge in [0.25, 0.3) is 0 Å². The summed E-state index contributed by atoms with van der Waals surface area (Å²) in [5.41, 5.74) is 2.58. The van der Waals surface area contributed by atoms with Crippen molar-refractivity contribution in [1.82, 2.24) is 20.2 Å². The summed E-state index contributed by atoms with van der Waals surface area (Å²) in [6, 6.07) is 0. The molecule has 0 amide bonds. The zero-order valence-electron chi connectivity index (χ0n) is 13.3. The minimum absolute atomic E-state index is 0.719. The first-order valence-electron chi connectivity index (χ1n) is 8.25. The molecular formula is C16H27N5. The van der Waals surface area contributed by atoms with Gasteiger partial charge in [0.15, 0.2) is 0 Å². The molecule has 0 atom stereocenters. The second-order valence-electron chi connectivity index (χ2n) is 6.61. The Hall–Kier alpha value is -1.20. The Morgan fingerprint density at radius 3 is 3.00 bits per heavy atom. The summed E-state index contributed by atoms with van der Waals surface area (Å²) in [5.74, 6) is 1.64. The Kier molecular flexibility index (Phi) is 4.70. The number of nitrogens with zero attached hydrogens (tertiary/aromatic N) is 4. The van der Waals surface area contributed by atoms with Crippen LogP contribution < -0.4 is 10.2 Å². The molecule has 5 heteroatoms. The molecule has 1 N–H and O–H groups in total. The number of nitrogens with one attached hydrogen (secondary N) is 1. The van der Waals surface area contributed by atoms with E-state index in [0.29, 0.717) is 0 Å². The van der Waals surface area contributed by atoms with Crippen LogP contribution in [-0.2, 0) is 13.0 Å². The minimum Gasteiger partial charge on any atom is -0.339 e. The van der Waals surface area contributed by atoms with Crippen LogP contribution in [0.1, 0.15) is 31.5 Å². The van der Waals surface area contributed by atoms with Crippen LogP contribution in [0.2, 0.25) is 0 Å². The first kappa shape index (κ1) is 14.7. The zero-order valence-corrected chi connectivity index (χ0v) is 13.3. The molecule has 3 heterocycles. The summed E-state index contributed by atoms with van der Waals surface area (Å²) in [4.78, 5) is 14.3. The molecule has 0 spiro atoms. The van der Waals surface area contributed by atoms with E-state index in [0.717, 1.165) is 57.6 Å². The second kappa shape index (κ2) is 6.71. The quantitative estimate of drug-likeness (QED) is 0.908. The molecule has 1 aromatic heterocycles.